The van der Waals surface area contributed by atoms with Gasteiger partial charge in [0, 0.05) is 37.9 Å². The highest BCUT2D eigenvalue weighted by Crippen LogP contribution is 2.25. The molecule has 36 heavy (non-hydrogen) atoms. The Balaban J connectivity index is 1.78. The normalized spacial score (nSPS) is 12.7. The SMILES string of the molecule is C[C@H](CNC(=O)c1cc(F)c(-c2cnn(C)c2)nc1NCCc1cccc(F)c1)N[C@@H](CO)C(N)=O. The van der Waals surface area contributed by atoms with Crippen LogP contribution in [0, 0.1) is 11.6 Å². The number of nitrogens with zero attached hydrogens (tertiary/aromatic N) is 3. The monoisotopic (exact) mass is 501 g/mol. The number of aromatic nitrogens is 3. The Morgan fingerprint density at radius 3 is 2.67 bits per heavy atom. The van der Waals surface area contributed by atoms with E-state index in [2.05, 4.69) is 26.0 Å². The Morgan fingerprint density at radius 2 is 2.03 bits per heavy atom. The molecule has 1 aromatic carbocycles. The number of nitrogens with one attached hydrogen (secondary N) is 3. The van der Waals surface area contributed by atoms with Crippen molar-refractivity contribution >= 4 is 17.6 Å². The van der Waals surface area contributed by atoms with Crippen LogP contribution < -0.4 is 21.7 Å². The Labute approximate surface area is 206 Å². The van der Waals surface area contributed by atoms with E-state index in [1.807, 2.05) is 0 Å². The summed E-state index contributed by atoms with van der Waals surface area (Å²) < 4.78 is 30.0. The average molecular weight is 502 g/mol. The Morgan fingerprint density at radius 1 is 1.25 bits per heavy atom. The summed E-state index contributed by atoms with van der Waals surface area (Å²) in [6.07, 6.45) is 3.51. The number of hydrogen-bond acceptors (Lipinski definition) is 7. The lowest BCUT2D eigenvalue weighted by Crippen LogP contribution is -2.51. The minimum atomic E-state index is -0.963. The van der Waals surface area contributed by atoms with Gasteiger partial charge in [0.25, 0.3) is 5.91 Å². The Bertz CT molecular complexity index is 1220. The molecule has 3 rings (SSSR count). The van der Waals surface area contributed by atoms with Gasteiger partial charge < -0.3 is 21.5 Å². The number of pyridine rings is 1. The van der Waals surface area contributed by atoms with Crippen molar-refractivity contribution < 1.29 is 23.5 Å². The van der Waals surface area contributed by atoms with E-state index < -0.39 is 36.3 Å². The highest BCUT2D eigenvalue weighted by Gasteiger charge is 2.21. The quantitative estimate of drug-likeness (QED) is 0.248. The number of aryl methyl sites for hydroxylation is 1. The summed E-state index contributed by atoms with van der Waals surface area (Å²) in [4.78, 5) is 28.6. The molecule has 192 valence electrons. The first-order chi connectivity index (χ1) is 17.2. The fourth-order valence-corrected chi connectivity index (χ4v) is 3.53. The highest BCUT2D eigenvalue weighted by atomic mass is 19.1. The van der Waals surface area contributed by atoms with Crippen molar-refractivity contribution in [1.82, 2.24) is 25.4 Å². The molecule has 0 aliphatic heterocycles. The summed E-state index contributed by atoms with van der Waals surface area (Å²) in [6, 6.07) is 5.85. The van der Waals surface area contributed by atoms with Crippen LogP contribution in [-0.4, -0.2) is 63.5 Å². The molecule has 0 bridgehead atoms. The van der Waals surface area contributed by atoms with Gasteiger partial charge in [-0.2, -0.15) is 5.10 Å². The van der Waals surface area contributed by atoms with Crippen LogP contribution in [0.4, 0.5) is 14.6 Å². The number of halogens is 2. The topological polar surface area (TPSA) is 147 Å². The maximum Gasteiger partial charge on any atom is 0.255 e. The molecule has 0 saturated carbocycles. The summed E-state index contributed by atoms with van der Waals surface area (Å²) in [6.45, 7) is 1.58. The van der Waals surface area contributed by atoms with Crippen molar-refractivity contribution in [2.75, 3.05) is 25.0 Å². The molecule has 0 saturated heterocycles. The van der Waals surface area contributed by atoms with E-state index in [0.29, 0.717) is 18.5 Å². The lowest BCUT2D eigenvalue weighted by Gasteiger charge is -2.20. The molecular weight excluding hydrogens is 472 g/mol. The maximum absolute atomic E-state index is 15.0. The van der Waals surface area contributed by atoms with Gasteiger partial charge in [-0.3, -0.25) is 19.6 Å². The Kier molecular flexibility index (Phi) is 9.03. The average Bonchev–Trinajstić information content (AvgIpc) is 3.27. The molecular formula is C24H29F2N7O3. The molecule has 2 aromatic heterocycles. The van der Waals surface area contributed by atoms with Crippen molar-refractivity contribution in [1.29, 1.82) is 0 Å². The van der Waals surface area contributed by atoms with Crippen molar-refractivity contribution in [3.63, 3.8) is 0 Å². The van der Waals surface area contributed by atoms with E-state index in [-0.39, 0.29) is 29.4 Å². The zero-order valence-electron chi connectivity index (χ0n) is 20.0. The summed E-state index contributed by atoms with van der Waals surface area (Å²) >= 11 is 0. The van der Waals surface area contributed by atoms with Gasteiger partial charge >= 0.3 is 0 Å². The minimum absolute atomic E-state index is 0.0233. The molecule has 0 spiro atoms. The molecule has 0 fully saturated rings. The summed E-state index contributed by atoms with van der Waals surface area (Å²) in [5.41, 5.74) is 6.39. The van der Waals surface area contributed by atoms with Gasteiger partial charge in [0.05, 0.1) is 18.4 Å². The molecule has 2 heterocycles. The number of nitrogens with two attached hydrogens (primary N) is 1. The molecule has 2 amide bonds. The van der Waals surface area contributed by atoms with Crippen LogP contribution in [0.1, 0.15) is 22.8 Å². The van der Waals surface area contributed by atoms with Crippen molar-refractivity contribution in [2.24, 2.45) is 12.8 Å². The van der Waals surface area contributed by atoms with E-state index in [0.717, 1.165) is 11.6 Å². The predicted molar refractivity (Wildman–Crippen MR) is 130 cm³/mol. The van der Waals surface area contributed by atoms with E-state index >= 15 is 0 Å². The molecule has 0 unspecified atom stereocenters. The molecule has 0 radical (unpaired) electrons. The van der Waals surface area contributed by atoms with Crippen molar-refractivity contribution in [3.8, 4) is 11.3 Å². The minimum Gasteiger partial charge on any atom is -0.394 e. The van der Waals surface area contributed by atoms with Gasteiger partial charge in [-0.15, -0.1) is 0 Å². The fourth-order valence-electron chi connectivity index (χ4n) is 3.53. The van der Waals surface area contributed by atoms with E-state index in [9.17, 15) is 23.5 Å². The smallest absolute Gasteiger partial charge is 0.255 e. The number of amides is 2. The first kappa shape index (κ1) is 26.7. The lowest BCUT2D eigenvalue weighted by molar-refractivity contribution is -0.121. The number of primary amides is 1. The predicted octanol–water partition coefficient (Wildman–Crippen LogP) is 0.969. The first-order valence-electron chi connectivity index (χ1n) is 11.3. The van der Waals surface area contributed by atoms with E-state index in [4.69, 9.17) is 5.73 Å². The van der Waals surface area contributed by atoms with Crippen LogP contribution in [-0.2, 0) is 18.3 Å². The van der Waals surface area contributed by atoms with Crippen molar-refractivity contribution in [2.45, 2.75) is 25.4 Å². The van der Waals surface area contributed by atoms with E-state index in [1.165, 1.54) is 23.0 Å². The molecule has 2 atom stereocenters. The van der Waals surface area contributed by atoms with Crippen LogP contribution in [0.15, 0.2) is 42.7 Å². The van der Waals surface area contributed by atoms with Gasteiger partial charge in [0.1, 0.15) is 23.4 Å². The van der Waals surface area contributed by atoms with Crippen LogP contribution >= 0.6 is 0 Å². The van der Waals surface area contributed by atoms with E-state index in [1.54, 1.807) is 32.3 Å². The van der Waals surface area contributed by atoms with Crippen LogP contribution in [0.3, 0.4) is 0 Å². The number of carbonyl (C=O) groups is 2. The number of benzene rings is 1. The molecule has 0 aliphatic carbocycles. The number of aliphatic hydroxyl groups excluding tert-OH is 1. The van der Waals surface area contributed by atoms with Gasteiger partial charge in [-0.05, 0) is 37.1 Å². The molecule has 10 nitrogen and oxygen atoms in total. The first-order valence-corrected chi connectivity index (χ1v) is 11.3. The molecule has 0 aliphatic rings. The second-order valence-electron chi connectivity index (χ2n) is 8.34. The van der Waals surface area contributed by atoms with Crippen LogP contribution in [0.25, 0.3) is 11.3 Å². The summed E-state index contributed by atoms with van der Waals surface area (Å²) in [5.74, 6) is -2.23. The van der Waals surface area contributed by atoms with Gasteiger partial charge in [-0.25, -0.2) is 13.8 Å². The molecule has 6 N–H and O–H groups in total. The molecule has 12 heteroatoms. The van der Waals surface area contributed by atoms with Crippen LogP contribution in [0.5, 0.6) is 0 Å². The van der Waals surface area contributed by atoms with Crippen molar-refractivity contribution in [3.05, 3.63) is 65.5 Å². The third-order valence-corrected chi connectivity index (χ3v) is 5.37. The maximum atomic E-state index is 15.0. The third kappa shape index (κ3) is 7.06. The summed E-state index contributed by atoms with van der Waals surface area (Å²) in [7, 11) is 1.69. The zero-order chi connectivity index (χ0) is 26.2. The second kappa shape index (κ2) is 12.2. The number of aliphatic hydroxyl groups is 1. The zero-order valence-corrected chi connectivity index (χ0v) is 20.0. The number of rotatable bonds is 12. The van der Waals surface area contributed by atoms with Crippen LogP contribution in [0.2, 0.25) is 0 Å². The standard InChI is InChI=1S/C24H29F2N7O3/c1-14(31-20(13-34)22(27)35)10-29-24(36)18-9-19(26)21(16-11-30-33(2)12-16)32-23(18)28-7-6-15-4-3-5-17(25)8-15/h3-5,8-9,11-12,14,20,31,34H,6-7,10,13H2,1-2H3,(H2,27,35)(H,28,32)(H,29,36)/t14-,20+/m1/s1. The summed E-state index contributed by atoms with van der Waals surface area (Å²) in [5, 5.41) is 21.8. The molecule has 3 aromatic rings. The number of carbonyl (C=O) groups excluding carboxylic acids is 2. The largest absolute Gasteiger partial charge is 0.394 e. The highest BCUT2D eigenvalue weighted by molar-refractivity contribution is 5.99. The van der Waals surface area contributed by atoms with Gasteiger partial charge in [-0.1, -0.05) is 12.1 Å². The Hall–Kier alpha value is -3.90. The number of anilines is 1. The van der Waals surface area contributed by atoms with Gasteiger partial charge in [0.15, 0.2) is 5.82 Å². The lowest BCUT2D eigenvalue weighted by atomic mass is 10.1. The third-order valence-electron chi connectivity index (χ3n) is 5.37. The van der Waals surface area contributed by atoms with Gasteiger partial charge in [0.2, 0.25) is 5.91 Å². The fraction of sp³-hybridized carbons (Fsp3) is 0.333. The second-order valence-corrected chi connectivity index (χ2v) is 8.34. The number of hydrogen-bond donors (Lipinski definition) is 5.